The largest absolute Gasteiger partial charge is 0.241 e. The van der Waals surface area contributed by atoms with E-state index in [-0.39, 0.29) is 10.8 Å². The van der Waals surface area contributed by atoms with Gasteiger partial charge >= 0.3 is 0 Å². The lowest BCUT2D eigenvalue weighted by atomic mass is 9.69. The number of hydrogen-bond acceptors (Lipinski definition) is 1. The van der Waals surface area contributed by atoms with Crippen LogP contribution in [0.3, 0.4) is 0 Å². The summed E-state index contributed by atoms with van der Waals surface area (Å²) in [5, 5.41) is 4.59. The van der Waals surface area contributed by atoms with Crippen LogP contribution in [0.15, 0.2) is 54.9 Å². The average Bonchev–Trinajstić information content (AvgIpc) is 3.41. The number of benzene rings is 2. The summed E-state index contributed by atoms with van der Waals surface area (Å²) in [6, 6.07) is 15.7. The summed E-state index contributed by atoms with van der Waals surface area (Å²) in [4.78, 5) is 0. The van der Waals surface area contributed by atoms with Crippen LogP contribution < -0.4 is 0 Å². The van der Waals surface area contributed by atoms with Gasteiger partial charge in [0.2, 0.25) is 0 Å². The van der Waals surface area contributed by atoms with Gasteiger partial charge in [-0.2, -0.15) is 5.10 Å². The number of nitrogens with zero attached hydrogens (tertiary/aromatic N) is 2. The van der Waals surface area contributed by atoms with Crippen molar-refractivity contribution in [1.29, 1.82) is 0 Å². The van der Waals surface area contributed by atoms with Crippen LogP contribution in [0.1, 0.15) is 92.3 Å². The number of aromatic nitrogens is 2. The Morgan fingerprint density at radius 3 is 2.13 bits per heavy atom. The summed E-state index contributed by atoms with van der Waals surface area (Å²) in [6.45, 7) is 22.1. The molecule has 0 saturated heterocycles. The topological polar surface area (TPSA) is 17.8 Å². The van der Waals surface area contributed by atoms with Gasteiger partial charge in [0, 0.05) is 17.8 Å². The Balaban J connectivity index is 0.000000807. The van der Waals surface area contributed by atoms with Crippen LogP contribution in [-0.4, -0.2) is 9.78 Å². The average molecular weight is 419 g/mol. The molecular weight excluding hydrogens is 376 g/mol. The van der Waals surface area contributed by atoms with Crippen LogP contribution in [0.5, 0.6) is 0 Å². The van der Waals surface area contributed by atoms with Crippen molar-refractivity contribution in [1.82, 2.24) is 9.78 Å². The first kappa shape index (κ1) is 24.9. The van der Waals surface area contributed by atoms with Gasteiger partial charge in [0.25, 0.3) is 0 Å². The van der Waals surface area contributed by atoms with Crippen LogP contribution in [0, 0.1) is 5.92 Å². The molecule has 1 aliphatic carbocycles. The molecule has 4 rings (SSSR count). The van der Waals surface area contributed by atoms with Gasteiger partial charge in [-0.1, -0.05) is 93.5 Å². The lowest BCUT2D eigenvalue weighted by Gasteiger charge is -2.36. The lowest BCUT2D eigenvalue weighted by Crippen LogP contribution is -2.30. The molecular formula is C29H42N2. The highest BCUT2D eigenvalue weighted by molar-refractivity contribution is 5.82. The van der Waals surface area contributed by atoms with E-state index in [1.807, 2.05) is 44.6 Å². The molecule has 31 heavy (non-hydrogen) atoms. The smallest absolute Gasteiger partial charge is 0.0686 e. The molecule has 0 spiro atoms. The molecule has 2 aromatic carbocycles. The molecule has 0 aliphatic heterocycles. The van der Waals surface area contributed by atoms with Crippen LogP contribution in [0.4, 0.5) is 0 Å². The van der Waals surface area contributed by atoms with E-state index in [0.717, 1.165) is 6.42 Å². The monoisotopic (exact) mass is 418 g/mol. The van der Waals surface area contributed by atoms with E-state index in [1.54, 1.807) is 0 Å². The summed E-state index contributed by atoms with van der Waals surface area (Å²) < 4.78 is 2.05. The van der Waals surface area contributed by atoms with Crippen LogP contribution in [-0.2, 0) is 10.8 Å². The first-order chi connectivity index (χ1) is 14.8. The molecule has 1 heterocycles. The van der Waals surface area contributed by atoms with E-state index in [4.69, 9.17) is 0 Å². The molecule has 0 saturated carbocycles. The molecule has 1 aromatic heterocycles. The van der Waals surface area contributed by atoms with Gasteiger partial charge < -0.3 is 0 Å². The summed E-state index contributed by atoms with van der Waals surface area (Å²) in [7, 11) is 0. The fourth-order valence-corrected chi connectivity index (χ4v) is 4.70. The minimum Gasteiger partial charge on any atom is -0.241 e. The van der Waals surface area contributed by atoms with E-state index >= 15 is 0 Å². The van der Waals surface area contributed by atoms with Crippen molar-refractivity contribution >= 4 is 0 Å². The third-order valence-corrected chi connectivity index (χ3v) is 7.08. The Bertz CT molecular complexity index is 980. The van der Waals surface area contributed by atoms with Gasteiger partial charge in [-0.3, -0.25) is 0 Å². The van der Waals surface area contributed by atoms with Gasteiger partial charge in [-0.25, -0.2) is 4.68 Å². The molecule has 0 radical (unpaired) electrons. The van der Waals surface area contributed by atoms with Gasteiger partial charge in [0.05, 0.1) is 5.69 Å². The molecule has 0 amide bonds. The zero-order chi connectivity index (χ0) is 23.4. The van der Waals surface area contributed by atoms with E-state index in [1.165, 1.54) is 33.5 Å². The van der Waals surface area contributed by atoms with Crippen molar-refractivity contribution in [2.24, 2.45) is 5.92 Å². The second-order valence-electron chi connectivity index (χ2n) is 8.96. The summed E-state index contributed by atoms with van der Waals surface area (Å²) >= 11 is 0. The normalized spacial score (nSPS) is 15.1. The summed E-state index contributed by atoms with van der Waals surface area (Å²) in [5.74, 6) is 0.541. The van der Waals surface area contributed by atoms with Crippen LogP contribution in [0.25, 0.3) is 16.8 Å². The van der Waals surface area contributed by atoms with E-state index < -0.39 is 0 Å². The van der Waals surface area contributed by atoms with Crippen molar-refractivity contribution < 1.29 is 0 Å². The standard InChI is InChI=1S/C25H30N2.2C2H6/c1-7-25(6,17(2)3)22-15-19-18-11-8-9-12-20(18)24(4,5)21(19)16-23(22)27-14-10-13-26-27;2*1-2/h8-17H,7H2,1-6H3;2*1-2H3. The highest BCUT2D eigenvalue weighted by Crippen LogP contribution is 2.51. The SMILES string of the molecule is CC.CC.CCC(C)(c1cc2c(cc1-n1cccn1)C(C)(C)c1ccccc1-2)C(C)C. The first-order valence-electron chi connectivity index (χ1n) is 12.1. The molecule has 2 nitrogen and oxygen atoms in total. The Kier molecular flexibility index (Phi) is 7.92. The first-order valence-corrected chi connectivity index (χ1v) is 12.1. The van der Waals surface area contributed by atoms with Gasteiger partial charge in [0.15, 0.2) is 0 Å². The number of rotatable bonds is 4. The fraction of sp³-hybridized carbons (Fsp3) is 0.483. The zero-order valence-corrected chi connectivity index (χ0v) is 21.4. The molecule has 1 atom stereocenters. The molecule has 2 heteroatoms. The molecule has 168 valence electrons. The summed E-state index contributed by atoms with van der Waals surface area (Å²) in [5.41, 5.74) is 8.32. The van der Waals surface area contributed by atoms with Crippen molar-refractivity contribution in [3.8, 4) is 16.8 Å². The third-order valence-electron chi connectivity index (χ3n) is 7.08. The molecule has 0 N–H and O–H groups in total. The van der Waals surface area contributed by atoms with Crippen LogP contribution >= 0.6 is 0 Å². The molecule has 3 aromatic rings. The highest BCUT2D eigenvalue weighted by atomic mass is 15.3. The second kappa shape index (κ2) is 9.85. The van der Waals surface area contributed by atoms with E-state index in [9.17, 15) is 0 Å². The molecule has 0 bridgehead atoms. The second-order valence-corrected chi connectivity index (χ2v) is 8.96. The predicted octanol–water partition coefficient (Wildman–Crippen LogP) is 8.55. The quantitative estimate of drug-likeness (QED) is 0.415. The molecule has 0 fully saturated rings. The molecule has 1 aliphatic rings. The Labute approximate surface area is 190 Å². The molecule has 1 unspecified atom stereocenters. The van der Waals surface area contributed by atoms with Crippen molar-refractivity contribution in [2.75, 3.05) is 0 Å². The number of fused-ring (bicyclic) bond motifs is 3. The van der Waals surface area contributed by atoms with Crippen molar-refractivity contribution in [3.63, 3.8) is 0 Å². The van der Waals surface area contributed by atoms with Gasteiger partial charge in [-0.15, -0.1) is 0 Å². The Morgan fingerprint density at radius 2 is 1.58 bits per heavy atom. The van der Waals surface area contributed by atoms with E-state index in [0.29, 0.717) is 5.92 Å². The van der Waals surface area contributed by atoms with Gasteiger partial charge in [0.1, 0.15) is 0 Å². The Hall–Kier alpha value is -2.35. The van der Waals surface area contributed by atoms with Crippen molar-refractivity contribution in [3.05, 3.63) is 71.5 Å². The predicted molar refractivity (Wildman–Crippen MR) is 136 cm³/mol. The minimum atomic E-state index is 0.00675. The zero-order valence-electron chi connectivity index (χ0n) is 21.4. The summed E-state index contributed by atoms with van der Waals surface area (Å²) in [6.07, 6.45) is 5.04. The fourth-order valence-electron chi connectivity index (χ4n) is 4.70. The maximum Gasteiger partial charge on any atom is 0.0686 e. The van der Waals surface area contributed by atoms with Crippen LogP contribution in [0.2, 0.25) is 0 Å². The number of hydrogen-bond donors (Lipinski definition) is 0. The van der Waals surface area contributed by atoms with E-state index in [2.05, 4.69) is 89.2 Å². The van der Waals surface area contributed by atoms with Gasteiger partial charge in [-0.05, 0) is 63.8 Å². The minimum absolute atomic E-state index is 0.00675. The lowest BCUT2D eigenvalue weighted by molar-refractivity contribution is 0.325. The Morgan fingerprint density at radius 1 is 0.935 bits per heavy atom. The maximum absolute atomic E-state index is 4.59. The third kappa shape index (κ3) is 4.10. The maximum atomic E-state index is 4.59. The highest BCUT2D eigenvalue weighted by Gasteiger charge is 2.39. The van der Waals surface area contributed by atoms with Crippen molar-refractivity contribution in [2.45, 2.75) is 86.5 Å².